The zero-order chi connectivity index (χ0) is 12.1. The van der Waals surface area contributed by atoms with Gasteiger partial charge in [0.05, 0.1) is 17.9 Å². The molecular weight excluding hydrogens is 207 g/mol. The number of ether oxygens (including phenoxy) is 1. The third-order valence-corrected chi connectivity index (χ3v) is 3.28. The van der Waals surface area contributed by atoms with Crippen LogP contribution < -0.4 is 0 Å². The lowest BCUT2D eigenvalue weighted by Gasteiger charge is -2.27. The van der Waals surface area contributed by atoms with Gasteiger partial charge in [0, 0.05) is 0 Å². The van der Waals surface area contributed by atoms with E-state index in [9.17, 15) is 9.59 Å². The summed E-state index contributed by atoms with van der Waals surface area (Å²) < 4.78 is 5.22. The average molecular weight is 226 g/mol. The highest BCUT2D eigenvalue weighted by atomic mass is 16.5. The molecule has 0 bridgehead atoms. The molecule has 0 saturated heterocycles. The summed E-state index contributed by atoms with van der Waals surface area (Å²) in [5, 5.41) is 9.04. The van der Waals surface area contributed by atoms with Crippen molar-refractivity contribution in [2.24, 2.45) is 11.8 Å². The van der Waals surface area contributed by atoms with Gasteiger partial charge >= 0.3 is 11.9 Å². The maximum Gasteiger partial charge on any atom is 0.310 e. The second-order valence-corrected chi connectivity index (χ2v) is 4.49. The van der Waals surface area contributed by atoms with Crippen LogP contribution in [0, 0.1) is 11.8 Å². The molecule has 1 rings (SSSR count). The van der Waals surface area contributed by atoms with Crippen LogP contribution in [0.3, 0.4) is 0 Å². The van der Waals surface area contributed by atoms with Crippen molar-refractivity contribution >= 4 is 19.8 Å². The lowest BCUT2D eigenvalue weighted by Crippen LogP contribution is -2.35. The molecule has 0 aromatic carbocycles. The Morgan fingerprint density at radius 2 is 1.94 bits per heavy atom. The smallest absolute Gasteiger partial charge is 0.310 e. The summed E-state index contributed by atoms with van der Waals surface area (Å²) in [6.07, 6.45) is 3.69. The molecule has 0 aliphatic heterocycles. The third-order valence-electron chi connectivity index (χ3n) is 3.28. The van der Waals surface area contributed by atoms with Crippen molar-refractivity contribution in [3.63, 3.8) is 0 Å². The van der Waals surface area contributed by atoms with E-state index in [4.69, 9.17) is 9.84 Å². The van der Waals surface area contributed by atoms with E-state index >= 15 is 0 Å². The molecule has 0 aromatic rings. The van der Waals surface area contributed by atoms with E-state index in [-0.39, 0.29) is 12.1 Å². The minimum atomic E-state index is -0.870. The Balaban J connectivity index is 2.60. The summed E-state index contributed by atoms with van der Waals surface area (Å²) in [4.78, 5) is 22.8. The lowest BCUT2D eigenvalue weighted by molar-refractivity contribution is -0.162. The predicted octanol–water partition coefficient (Wildman–Crippen LogP) is 0.860. The van der Waals surface area contributed by atoms with Gasteiger partial charge in [-0.05, 0) is 26.1 Å². The monoisotopic (exact) mass is 226 g/mol. The minimum absolute atomic E-state index is 0.121. The van der Waals surface area contributed by atoms with E-state index < -0.39 is 17.8 Å². The first-order chi connectivity index (χ1) is 7.56. The molecule has 4 nitrogen and oxygen atoms in total. The quantitative estimate of drug-likeness (QED) is 0.570. The molecule has 1 aliphatic rings. The number of carbonyl (C=O) groups excluding carboxylic acids is 1. The normalized spacial score (nSPS) is 27.1. The van der Waals surface area contributed by atoms with Gasteiger partial charge in [-0.25, -0.2) is 0 Å². The maximum absolute atomic E-state index is 11.8. The van der Waals surface area contributed by atoms with Gasteiger partial charge < -0.3 is 9.84 Å². The van der Waals surface area contributed by atoms with Crippen molar-refractivity contribution in [3.8, 4) is 0 Å². The number of carboxylic acid groups (broad SMARTS) is 1. The molecule has 5 heteroatoms. The molecule has 0 aromatic heterocycles. The van der Waals surface area contributed by atoms with Gasteiger partial charge in [0.15, 0.2) is 0 Å². The van der Waals surface area contributed by atoms with Crippen molar-refractivity contribution in [3.05, 3.63) is 0 Å². The molecule has 1 saturated carbocycles. The van der Waals surface area contributed by atoms with Crippen molar-refractivity contribution < 1.29 is 19.4 Å². The summed E-state index contributed by atoms with van der Waals surface area (Å²) in [5.74, 6) is -2.20. The van der Waals surface area contributed by atoms with Crippen LogP contribution in [0.4, 0.5) is 0 Å². The maximum atomic E-state index is 11.8. The minimum Gasteiger partial charge on any atom is -0.481 e. The van der Waals surface area contributed by atoms with Crippen LogP contribution in [0.25, 0.3) is 0 Å². The lowest BCUT2D eigenvalue weighted by atomic mass is 9.79. The Labute approximate surface area is 96.8 Å². The fourth-order valence-corrected chi connectivity index (χ4v) is 2.08. The SMILES string of the molecule is BCC(C)OC(=O)C1CCCCC1C(=O)O. The van der Waals surface area contributed by atoms with Crippen molar-refractivity contribution in [2.45, 2.75) is 45.0 Å². The van der Waals surface area contributed by atoms with E-state index in [0.29, 0.717) is 12.8 Å². The van der Waals surface area contributed by atoms with Gasteiger partial charge in [-0.2, -0.15) is 0 Å². The van der Waals surface area contributed by atoms with Crippen LogP contribution in [-0.4, -0.2) is 31.0 Å². The Bertz CT molecular complexity index is 267. The third kappa shape index (κ3) is 3.25. The molecule has 0 heterocycles. The Kier molecular flexibility index (Phi) is 4.84. The fourth-order valence-electron chi connectivity index (χ4n) is 2.08. The van der Waals surface area contributed by atoms with Crippen LogP contribution in [0.15, 0.2) is 0 Å². The van der Waals surface area contributed by atoms with E-state index in [2.05, 4.69) is 0 Å². The van der Waals surface area contributed by atoms with Gasteiger partial charge in [0.25, 0.3) is 0 Å². The van der Waals surface area contributed by atoms with Gasteiger partial charge in [-0.1, -0.05) is 12.8 Å². The van der Waals surface area contributed by atoms with Gasteiger partial charge in [-0.15, -0.1) is 0 Å². The summed E-state index contributed by atoms with van der Waals surface area (Å²) in [7, 11) is 1.94. The number of hydrogen-bond acceptors (Lipinski definition) is 3. The van der Waals surface area contributed by atoms with Crippen LogP contribution in [-0.2, 0) is 14.3 Å². The predicted molar refractivity (Wildman–Crippen MR) is 62.0 cm³/mol. The van der Waals surface area contributed by atoms with Crippen molar-refractivity contribution in [1.29, 1.82) is 0 Å². The Morgan fingerprint density at radius 1 is 1.38 bits per heavy atom. The Hall–Kier alpha value is -0.995. The molecule has 1 N–H and O–H groups in total. The number of esters is 1. The van der Waals surface area contributed by atoms with Gasteiger partial charge in [0.2, 0.25) is 0 Å². The van der Waals surface area contributed by atoms with Crippen LogP contribution >= 0.6 is 0 Å². The molecule has 3 unspecified atom stereocenters. The highest BCUT2D eigenvalue weighted by Crippen LogP contribution is 2.31. The van der Waals surface area contributed by atoms with E-state index in [1.807, 2.05) is 14.8 Å². The summed E-state index contributed by atoms with van der Waals surface area (Å²) in [6.45, 7) is 1.83. The number of rotatable bonds is 4. The molecular formula is C11H19BO4. The molecule has 1 fully saturated rings. The number of carbonyl (C=O) groups is 2. The highest BCUT2D eigenvalue weighted by Gasteiger charge is 2.37. The molecule has 0 amide bonds. The van der Waals surface area contributed by atoms with Crippen LogP contribution in [0.2, 0.25) is 6.32 Å². The summed E-state index contributed by atoms with van der Waals surface area (Å²) in [6, 6.07) is 0. The zero-order valence-electron chi connectivity index (χ0n) is 9.94. The average Bonchev–Trinajstić information content (AvgIpc) is 2.28. The molecule has 16 heavy (non-hydrogen) atoms. The fraction of sp³-hybridized carbons (Fsp3) is 0.818. The summed E-state index contributed by atoms with van der Waals surface area (Å²) in [5.41, 5.74) is 0. The molecule has 0 spiro atoms. The summed E-state index contributed by atoms with van der Waals surface area (Å²) >= 11 is 0. The molecule has 90 valence electrons. The largest absolute Gasteiger partial charge is 0.481 e. The standard InChI is InChI=1S/C11H19BO4/c1-7(6-12)16-11(15)9-5-3-2-4-8(9)10(13)14/h7-9H,2-6,12H2,1H3,(H,13,14). The first kappa shape index (κ1) is 13.1. The highest BCUT2D eigenvalue weighted by molar-refractivity contribution is 6.08. The first-order valence-corrected chi connectivity index (χ1v) is 5.99. The number of carboxylic acids is 1. The number of aliphatic carboxylic acids is 1. The van der Waals surface area contributed by atoms with E-state index in [1.54, 1.807) is 0 Å². The number of hydrogen-bond donors (Lipinski definition) is 1. The molecule has 1 aliphatic carbocycles. The van der Waals surface area contributed by atoms with Crippen LogP contribution in [0.5, 0.6) is 0 Å². The van der Waals surface area contributed by atoms with Gasteiger partial charge in [-0.3, -0.25) is 9.59 Å². The van der Waals surface area contributed by atoms with Gasteiger partial charge in [0.1, 0.15) is 7.85 Å². The van der Waals surface area contributed by atoms with E-state index in [0.717, 1.165) is 19.2 Å². The molecule has 0 radical (unpaired) electrons. The zero-order valence-corrected chi connectivity index (χ0v) is 9.94. The first-order valence-electron chi connectivity index (χ1n) is 5.99. The Morgan fingerprint density at radius 3 is 2.44 bits per heavy atom. The van der Waals surface area contributed by atoms with Crippen molar-refractivity contribution in [1.82, 2.24) is 0 Å². The van der Waals surface area contributed by atoms with Crippen molar-refractivity contribution in [2.75, 3.05) is 0 Å². The van der Waals surface area contributed by atoms with E-state index in [1.165, 1.54) is 0 Å². The van der Waals surface area contributed by atoms with Crippen LogP contribution in [0.1, 0.15) is 32.6 Å². The second kappa shape index (κ2) is 5.92. The molecule has 3 atom stereocenters. The second-order valence-electron chi connectivity index (χ2n) is 4.49. The topological polar surface area (TPSA) is 63.6 Å².